The van der Waals surface area contributed by atoms with Crippen LogP contribution in [-0.4, -0.2) is 25.0 Å². The molecule has 1 amide bonds. The molecule has 1 saturated carbocycles. The maximum Gasteiger partial charge on any atom is 0.224 e. The van der Waals surface area contributed by atoms with E-state index < -0.39 is 0 Å². The van der Waals surface area contributed by atoms with Crippen LogP contribution >= 0.6 is 12.4 Å². The Morgan fingerprint density at radius 1 is 1.22 bits per heavy atom. The topological polar surface area (TPSA) is 41.1 Å². The van der Waals surface area contributed by atoms with Gasteiger partial charge in [-0.05, 0) is 50.5 Å². The quantitative estimate of drug-likeness (QED) is 0.812. The molecule has 1 atom stereocenters. The van der Waals surface area contributed by atoms with Gasteiger partial charge in [0, 0.05) is 12.6 Å². The zero-order valence-electron chi connectivity index (χ0n) is 11.6. The van der Waals surface area contributed by atoms with Crippen LogP contribution < -0.4 is 10.6 Å². The number of carbonyl (C=O) groups excluding carboxylic acids is 1. The number of hydrogen-bond acceptors (Lipinski definition) is 2. The van der Waals surface area contributed by atoms with E-state index >= 15 is 0 Å². The maximum atomic E-state index is 12.1. The van der Waals surface area contributed by atoms with Gasteiger partial charge in [-0.15, -0.1) is 12.4 Å². The Balaban J connectivity index is 0.00000162. The summed E-state index contributed by atoms with van der Waals surface area (Å²) in [6, 6.07) is 0.428. The predicted octanol–water partition coefficient (Wildman–Crippen LogP) is 2.49. The average molecular weight is 275 g/mol. The van der Waals surface area contributed by atoms with Gasteiger partial charge >= 0.3 is 0 Å². The molecule has 0 spiro atoms. The van der Waals surface area contributed by atoms with E-state index in [0.717, 1.165) is 38.8 Å². The Kier molecular flexibility index (Phi) is 5.93. The molecule has 106 valence electrons. The van der Waals surface area contributed by atoms with E-state index in [2.05, 4.69) is 24.5 Å². The number of carbonyl (C=O) groups is 1. The van der Waals surface area contributed by atoms with Gasteiger partial charge in [0.15, 0.2) is 0 Å². The zero-order chi connectivity index (χ0) is 12.3. The number of rotatable bonds is 2. The molecule has 0 aromatic carbocycles. The van der Waals surface area contributed by atoms with Crippen molar-refractivity contribution in [1.82, 2.24) is 10.6 Å². The molecule has 0 aromatic rings. The Morgan fingerprint density at radius 3 is 2.44 bits per heavy atom. The molecular formula is C14H27ClN2O. The Bertz CT molecular complexity index is 265. The van der Waals surface area contributed by atoms with E-state index in [1.165, 1.54) is 12.8 Å². The number of piperidine rings is 1. The van der Waals surface area contributed by atoms with Gasteiger partial charge in [0.1, 0.15) is 0 Å². The van der Waals surface area contributed by atoms with Gasteiger partial charge in [-0.3, -0.25) is 4.79 Å². The molecule has 4 heteroatoms. The molecule has 2 N–H and O–H groups in total. The van der Waals surface area contributed by atoms with Gasteiger partial charge in [-0.25, -0.2) is 0 Å². The fourth-order valence-corrected chi connectivity index (χ4v) is 2.94. The highest BCUT2D eigenvalue weighted by Crippen LogP contribution is 2.35. The van der Waals surface area contributed by atoms with Gasteiger partial charge < -0.3 is 10.6 Å². The molecule has 0 aromatic heterocycles. The lowest BCUT2D eigenvalue weighted by molar-refractivity contribution is -0.126. The summed E-state index contributed by atoms with van der Waals surface area (Å²) >= 11 is 0. The molecule has 1 saturated heterocycles. The Morgan fingerprint density at radius 2 is 1.89 bits per heavy atom. The van der Waals surface area contributed by atoms with Crippen LogP contribution in [0, 0.1) is 11.3 Å². The van der Waals surface area contributed by atoms with Crippen LogP contribution in [0.4, 0.5) is 0 Å². The van der Waals surface area contributed by atoms with E-state index in [4.69, 9.17) is 0 Å². The van der Waals surface area contributed by atoms with Crippen LogP contribution in [0.1, 0.15) is 52.4 Å². The Labute approximate surface area is 117 Å². The van der Waals surface area contributed by atoms with Crippen molar-refractivity contribution < 1.29 is 4.79 Å². The Hall–Kier alpha value is -0.280. The second-order valence-electron chi connectivity index (χ2n) is 6.49. The molecule has 0 bridgehead atoms. The SMILES string of the molecule is CC1(C)CCC(NC(=O)[C@@H]2CCCNC2)CC1.Cl. The van der Waals surface area contributed by atoms with Crippen molar-refractivity contribution in [3.63, 3.8) is 0 Å². The molecule has 1 aliphatic carbocycles. The second-order valence-corrected chi connectivity index (χ2v) is 6.49. The van der Waals surface area contributed by atoms with Crippen molar-refractivity contribution in [2.75, 3.05) is 13.1 Å². The van der Waals surface area contributed by atoms with Crippen LogP contribution in [0.2, 0.25) is 0 Å². The largest absolute Gasteiger partial charge is 0.353 e. The molecule has 1 aliphatic heterocycles. The summed E-state index contributed by atoms with van der Waals surface area (Å²) < 4.78 is 0. The van der Waals surface area contributed by atoms with Crippen molar-refractivity contribution >= 4 is 18.3 Å². The van der Waals surface area contributed by atoms with E-state index in [9.17, 15) is 4.79 Å². The number of halogens is 1. The number of nitrogens with one attached hydrogen (secondary N) is 2. The third-order valence-electron chi connectivity index (χ3n) is 4.35. The van der Waals surface area contributed by atoms with Crippen molar-refractivity contribution in [2.45, 2.75) is 58.4 Å². The van der Waals surface area contributed by atoms with E-state index in [1.807, 2.05) is 0 Å². The lowest BCUT2D eigenvalue weighted by Crippen LogP contribution is -2.46. The summed E-state index contributed by atoms with van der Waals surface area (Å²) in [5.41, 5.74) is 0.480. The molecular weight excluding hydrogens is 248 g/mol. The van der Waals surface area contributed by atoms with Gasteiger partial charge in [-0.2, -0.15) is 0 Å². The molecule has 2 fully saturated rings. The molecule has 0 unspecified atom stereocenters. The van der Waals surface area contributed by atoms with Gasteiger partial charge in [0.25, 0.3) is 0 Å². The van der Waals surface area contributed by atoms with Crippen molar-refractivity contribution in [2.24, 2.45) is 11.3 Å². The highest BCUT2D eigenvalue weighted by molar-refractivity contribution is 5.85. The van der Waals surface area contributed by atoms with Crippen LogP contribution in [0.15, 0.2) is 0 Å². The third kappa shape index (κ3) is 4.43. The minimum absolute atomic E-state index is 0. The molecule has 0 radical (unpaired) electrons. The van der Waals surface area contributed by atoms with Crippen LogP contribution in [0.3, 0.4) is 0 Å². The number of amides is 1. The van der Waals surface area contributed by atoms with Gasteiger partial charge in [0.2, 0.25) is 5.91 Å². The summed E-state index contributed by atoms with van der Waals surface area (Å²) in [4.78, 5) is 12.1. The van der Waals surface area contributed by atoms with E-state index in [0.29, 0.717) is 11.5 Å². The fourth-order valence-electron chi connectivity index (χ4n) is 2.94. The van der Waals surface area contributed by atoms with Crippen LogP contribution in [0.5, 0.6) is 0 Å². The van der Waals surface area contributed by atoms with Crippen LogP contribution in [-0.2, 0) is 4.79 Å². The van der Waals surface area contributed by atoms with Crippen molar-refractivity contribution in [1.29, 1.82) is 0 Å². The smallest absolute Gasteiger partial charge is 0.224 e. The highest BCUT2D eigenvalue weighted by atomic mass is 35.5. The predicted molar refractivity (Wildman–Crippen MR) is 77.0 cm³/mol. The van der Waals surface area contributed by atoms with E-state index in [-0.39, 0.29) is 24.2 Å². The second kappa shape index (κ2) is 6.76. The zero-order valence-corrected chi connectivity index (χ0v) is 12.4. The third-order valence-corrected chi connectivity index (χ3v) is 4.35. The first-order valence-electron chi connectivity index (χ1n) is 7.08. The van der Waals surface area contributed by atoms with Gasteiger partial charge in [0.05, 0.1) is 5.92 Å². The maximum absolute atomic E-state index is 12.1. The first-order valence-corrected chi connectivity index (χ1v) is 7.08. The summed E-state index contributed by atoms with van der Waals surface area (Å²) in [7, 11) is 0. The normalized spacial score (nSPS) is 28.2. The van der Waals surface area contributed by atoms with Crippen LogP contribution in [0.25, 0.3) is 0 Å². The average Bonchev–Trinajstić information content (AvgIpc) is 2.33. The summed E-state index contributed by atoms with van der Waals surface area (Å²) in [6.07, 6.45) is 6.96. The van der Waals surface area contributed by atoms with E-state index in [1.54, 1.807) is 0 Å². The highest BCUT2D eigenvalue weighted by Gasteiger charge is 2.29. The molecule has 18 heavy (non-hydrogen) atoms. The lowest BCUT2D eigenvalue weighted by atomic mass is 9.75. The standard InChI is InChI=1S/C14H26N2O.ClH/c1-14(2)7-5-12(6-8-14)16-13(17)11-4-3-9-15-10-11;/h11-12,15H,3-10H2,1-2H3,(H,16,17);1H/t11-;/m1./s1. The van der Waals surface area contributed by atoms with Crippen molar-refractivity contribution in [3.05, 3.63) is 0 Å². The van der Waals surface area contributed by atoms with Crippen molar-refractivity contribution in [3.8, 4) is 0 Å². The summed E-state index contributed by atoms with van der Waals surface area (Å²) in [6.45, 7) is 6.59. The minimum atomic E-state index is 0. The monoisotopic (exact) mass is 274 g/mol. The molecule has 1 heterocycles. The molecule has 2 aliphatic rings. The fraction of sp³-hybridized carbons (Fsp3) is 0.929. The summed E-state index contributed by atoms with van der Waals surface area (Å²) in [5.74, 6) is 0.487. The molecule has 2 rings (SSSR count). The lowest BCUT2D eigenvalue weighted by Gasteiger charge is -2.35. The first-order chi connectivity index (χ1) is 8.07. The molecule has 3 nitrogen and oxygen atoms in total. The minimum Gasteiger partial charge on any atom is -0.353 e. The number of hydrogen-bond donors (Lipinski definition) is 2. The first kappa shape index (κ1) is 15.8. The van der Waals surface area contributed by atoms with Gasteiger partial charge in [-0.1, -0.05) is 13.8 Å². The summed E-state index contributed by atoms with van der Waals surface area (Å²) in [5, 5.41) is 6.55.